The molecule has 2 amide bonds. The summed E-state index contributed by atoms with van der Waals surface area (Å²) in [5.41, 5.74) is 6.45. The van der Waals surface area contributed by atoms with Gasteiger partial charge in [0.1, 0.15) is 0 Å². The molecule has 46 heavy (non-hydrogen) atoms. The quantitative estimate of drug-likeness (QED) is 0.259. The van der Waals surface area contributed by atoms with Crippen molar-refractivity contribution in [3.05, 3.63) is 41.5 Å². The molecule has 4 fully saturated rings. The first-order valence-corrected chi connectivity index (χ1v) is 18.9. The number of nitrogens with zero attached hydrogens (tertiary/aromatic N) is 1. The highest BCUT2D eigenvalue weighted by atomic mass is 16.2. The lowest BCUT2D eigenvalue weighted by Crippen LogP contribution is -2.60. The Morgan fingerprint density at radius 2 is 1.57 bits per heavy atom. The topological polar surface area (TPSA) is 49.4 Å². The molecule has 0 radical (unpaired) electrons. The summed E-state index contributed by atoms with van der Waals surface area (Å²) in [4.78, 5) is 21.8. The summed E-state index contributed by atoms with van der Waals surface area (Å²) in [6.07, 6.45) is 19.4. The van der Waals surface area contributed by atoms with Gasteiger partial charge in [-0.25, -0.2) is 0 Å². The SMILES string of the molecule is CC(=O)N(C)CCNC=O.CCC.Cc1ccc(C2=CCC3(C)C(CCC4(C)C5CC[C@@]6(C)CCCC6C5CCC43)C2(C)C)cc1. The van der Waals surface area contributed by atoms with Crippen molar-refractivity contribution < 1.29 is 9.59 Å². The number of likely N-dealkylation sites (N-methyl/N-ethyl adjacent to an activating group) is 1. The van der Waals surface area contributed by atoms with Gasteiger partial charge in [-0.1, -0.05) is 97.2 Å². The van der Waals surface area contributed by atoms with Gasteiger partial charge in [-0.15, -0.1) is 0 Å². The van der Waals surface area contributed by atoms with Gasteiger partial charge in [0.2, 0.25) is 12.3 Å². The molecule has 4 heteroatoms. The number of aryl methyl sites for hydroxylation is 1. The van der Waals surface area contributed by atoms with Gasteiger partial charge >= 0.3 is 0 Å². The van der Waals surface area contributed by atoms with Crippen molar-refractivity contribution in [1.82, 2.24) is 10.2 Å². The number of benzene rings is 1. The lowest BCUT2D eigenvalue weighted by atomic mass is 9.36. The van der Waals surface area contributed by atoms with E-state index >= 15 is 0 Å². The highest BCUT2D eigenvalue weighted by Crippen LogP contribution is 2.73. The van der Waals surface area contributed by atoms with Crippen molar-refractivity contribution in [2.24, 2.45) is 51.2 Å². The van der Waals surface area contributed by atoms with Gasteiger partial charge in [-0.05, 0) is 127 Å². The molecule has 8 atom stereocenters. The highest BCUT2D eigenvalue weighted by molar-refractivity contribution is 5.73. The van der Waals surface area contributed by atoms with Crippen LogP contribution in [0.5, 0.6) is 0 Å². The summed E-state index contributed by atoms with van der Waals surface area (Å²) in [7, 11) is 1.69. The van der Waals surface area contributed by atoms with E-state index in [2.05, 4.69) is 91.0 Å². The second kappa shape index (κ2) is 14.6. The van der Waals surface area contributed by atoms with E-state index < -0.39 is 0 Å². The normalized spacial score (nSPS) is 36.8. The fraction of sp³-hybridized carbons (Fsp3) is 0.762. The second-order valence-electron chi connectivity index (χ2n) is 17.3. The summed E-state index contributed by atoms with van der Waals surface area (Å²) in [6, 6.07) is 9.37. The minimum atomic E-state index is 0.00713. The average Bonchev–Trinajstić information content (AvgIpc) is 3.40. The van der Waals surface area contributed by atoms with Crippen molar-refractivity contribution in [3.8, 4) is 0 Å². The van der Waals surface area contributed by atoms with Crippen molar-refractivity contribution >= 4 is 17.9 Å². The van der Waals surface area contributed by atoms with E-state index in [-0.39, 0.29) is 11.3 Å². The standard InChI is InChI=1S/C33H48.C6H12N2O2.C3H8/c1-22-9-11-23(12-10-22)25-16-20-33(6)28(30(25,2)3)17-21-32(5)27-15-19-31(4)18-7-8-26(31)24(27)13-14-29(32)33;1-6(10)8(2)4-3-7-5-9;1-3-2/h9-12,16,24,26-29H,7-8,13-15,17-21H2,1-6H3;5H,3-4H2,1-2H3,(H,7,9);3H2,1-2H3/t24?,26?,27?,28?,29?,31-,32?,33?;;/m1../s1. The van der Waals surface area contributed by atoms with Crippen LogP contribution < -0.4 is 5.32 Å². The van der Waals surface area contributed by atoms with Crippen LogP contribution in [0.4, 0.5) is 0 Å². The third-order valence-electron chi connectivity index (χ3n) is 14.1. The molecule has 1 aromatic rings. The molecular formula is C42H68N2O2. The van der Waals surface area contributed by atoms with Crippen LogP contribution in [-0.4, -0.2) is 37.4 Å². The maximum Gasteiger partial charge on any atom is 0.219 e. The largest absolute Gasteiger partial charge is 0.357 e. The number of hydrogen-bond donors (Lipinski definition) is 1. The van der Waals surface area contributed by atoms with Crippen LogP contribution in [-0.2, 0) is 9.59 Å². The first-order chi connectivity index (χ1) is 21.7. The maximum absolute atomic E-state index is 10.5. The third-order valence-corrected chi connectivity index (χ3v) is 14.1. The van der Waals surface area contributed by atoms with Crippen LogP contribution in [0.1, 0.15) is 137 Å². The molecule has 1 aromatic carbocycles. The summed E-state index contributed by atoms with van der Waals surface area (Å²) in [6.45, 7) is 22.4. The van der Waals surface area contributed by atoms with E-state index in [1.54, 1.807) is 12.6 Å². The zero-order valence-corrected chi connectivity index (χ0v) is 31.3. The monoisotopic (exact) mass is 633 g/mol. The van der Waals surface area contributed by atoms with Crippen molar-refractivity contribution in [2.45, 2.75) is 133 Å². The average molecular weight is 633 g/mol. The summed E-state index contributed by atoms with van der Waals surface area (Å²) in [5.74, 6) is 4.79. The van der Waals surface area contributed by atoms with Gasteiger partial charge in [0.15, 0.2) is 0 Å². The number of carbonyl (C=O) groups excluding carboxylic acids is 2. The number of nitrogens with one attached hydrogen (secondary N) is 1. The lowest BCUT2D eigenvalue weighted by Gasteiger charge is -2.68. The predicted molar refractivity (Wildman–Crippen MR) is 194 cm³/mol. The minimum absolute atomic E-state index is 0.00713. The molecule has 0 spiro atoms. The van der Waals surface area contributed by atoms with Crippen LogP contribution in [0.2, 0.25) is 0 Å². The van der Waals surface area contributed by atoms with Crippen LogP contribution in [0, 0.1) is 58.2 Å². The summed E-state index contributed by atoms with van der Waals surface area (Å²) >= 11 is 0. The summed E-state index contributed by atoms with van der Waals surface area (Å²) in [5, 5.41) is 2.46. The fourth-order valence-electron chi connectivity index (χ4n) is 11.8. The van der Waals surface area contributed by atoms with Crippen LogP contribution >= 0.6 is 0 Å². The molecule has 5 aliphatic carbocycles. The van der Waals surface area contributed by atoms with Crippen LogP contribution in [0.3, 0.4) is 0 Å². The number of hydrogen-bond acceptors (Lipinski definition) is 2. The van der Waals surface area contributed by atoms with Crippen LogP contribution in [0.15, 0.2) is 30.3 Å². The zero-order valence-electron chi connectivity index (χ0n) is 31.3. The zero-order chi connectivity index (χ0) is 33.9. The Bertz CT molecular complexity index is 1220. The first-order valence-electron chi connectivity index (χ1n) is 18.9. The van der Waals surface area contributed by atoms with Crippen molar-refractivity contribution in [1.29, 1.82) is 0 Å². The van der Waals surface area contributed by atoms with Gasteiger partial charge in [-0.3, -0.25) is 9.59 Å². The Kier molecular flexibility index (Phi) is 11.6. The highest BCUT2D eigenvalue weighted by Gasteiger charge is 2.64. The minimum Gasteiger partial charge on any atom is -0.357 e. The van der Waals surface area contributed by atoms with Crippen molar-refractivity contribution in [3.63, 3.8) is 0 Å². The van der Waals surface area contributed by atoms with E-state index in [1.165, 1.54) is 93.6 Å². The smallest absolute Gasteiger partial charge is 0.219 e. The summed E-state index contributed by atoms with van der Waals surface area (Å²) < 4.78 is 0. The van der Waals surface area contributed by atoms with E-state index in [0.29, 0.717) is 35.7 Å². The van der Waals surface area contributed by atoms with Gasteiger partial charge < -0.3 is 10.2 Å². The maximum atomic E-state index is 10.5. The van der Waals surface area contributed by atoms with E-state index in [9.17, 15) is 9.59 Å². The number of amides is 2. The van der Waals surface area contributed by atoms with E-state index in [1.807, 2.05) is 0 Å². The molecule has 0 bridgehead atoms. The van der Waals surface area contributed by atoms with Gasteiger partial charge in [-0.2, -0.15) is 0 Å². The molecule has 7 unspecified atom stereocenters. The number of allylic oxidation sites excluding steroid dienone is 2. The number of carbonyl (C=O) groups is 2. The Morgan fingerprint density at radius 3 is 2.20 bits per heavy atom. The Morgan fingerprint density at radius 1 is 0.891 bits per heavy atom. The Labute approximate surface area is 282 Å². The molecule has 258 valence electrons. The first kappa shape index (κ1) is 36.7. The molecule has 0 aliphatic heterocycles. The molecular weight excluding hydrogens is 564 g/mol. The van der Waals surface area contributed by atoms with Crippen LogP contribution in [0.25, 0.3) is 5.57 Å². The molecule has 5 aliphatic rings. The predicted octanol–water partition coefficient (Wildman–Crippen LogP) is 10.1. The molecule has 4 saturated carbocycles. The molecule has 1 N–H and O–H groups in total. The number of rotatable bonds is 5. The second-order valence-corrected chi connectivity index (χ2v) is 17.3. The Balaban J connectivity index is 0.000000316. The Hall–Kier alpha value is -2.10. The molecule has 6 rings (SSSR count). The van der Waals surface area contributed by atoms with Gasteiger partial charge in [0, 0.05) is 27.1 Å². The number of fused-ring (bicyclic) bond motifs is 7. The van der Waals surface area contributed by atoms with E-state index in [0.717, 1.165) is 29.6 Å². The molecule has 0 aromatic heterocycles. The van der Waals surface area contributed by atoms with Gasteiger partial charge in [0.05, 0.1) is 0 Å². The molecule has 4 nitrogen and oxygen atoms in total. The van der Waals surface area contributed by atoms with E-state index in [4.69, 9.17) is 0 Å². The lowest BCUT2D eigenvalue weighted by molar-refractivity contribution is -0.176. The molecule has 0 saturated heterocycles. The third kappa shape index (κ3) is 6.88. The molecule has 0 heterocycles. The fourth-order valence-corrected chi connectivity index (χ4v) is 11.8. The van der Waals surface area contributed by atoms with Gasteiger partial charge in [0.25, 0.3) is 0 Å². The van der Waals surface area contributed by atoms with Crippen molar-refractivity contribution in [2.75, 3.05) is 20.1 Å².